The molecule has 34 heavy (non-hydrogen) atoms. The highest BCUT2D eigenvalue weighted by Crippen LogP contribution is 2.33. The minimum atomic E-state index is -0.997. The van der Waals surface area contributed by atoms with Crippen LogP contribution in [0.2, 0.25) is 5.02 Å². The van der Waals surface area contributed by atoms with Gasteiger partial charge in [-0.1, -0.05) is 65.3 Å². The average molecular weight is 477 g/mol. The molecule has 0 aliphatic heterocycles. The summed E-state index contributed by atoms with van der Waals surface area (Å²) >= 11 is 6.14. The van der Waals surface area contributed by atoms with E-state index in [4.69, 9.17) is 20.9 Å². The third-order valence-corrected chi connectivity index (χ3v) is 5.59. The number of ether oxygens (including phenoxy) is 1. The van der Waals surface area contributed by atoms with E-state index in [9.17, 15) is 14.7 Å². The van der Waals surface area contributed by atoms with Crippen molar-refractivity contribution < 1.29 is 24.0 Å². The summed E-state index contributed by atoms with van der Waals surface area (Å²) in [5.74, 6) is -0.625. The van der Waals surface area contributed by atoms with Gasteiger partial charge in [-0.3, -0.25) is 5.32 Å². The maximum atomic E-state index is 12.4. The van der Waals surface area contributed by atoms with Crippen molar-refractivity contribution in [1.29, 1.82) is 0 Å². The largest absolute Gasteiger partial charge is 0.478 e. The minimum absolute atomic E-state index is 0.157. The fourth-order valence-electron chi connectivity index (χ4n) is 3.48. The summed E-state index contributed by atoms with van der Waals surface area (Å²) < 4.78 is 10.8. The molecule has 0 saturated heterocycles. The van der Waals surface area contributed by atoms with Crippen LogP contribution in [0, 0.1) is 6.92 Å². The molecule has 4 aromatic rings. The van der Waals surface area contributed by atoms with Crippen LogP contribution in [-0.4, -0.2) is 28.9 Å². The van der Waals surface area contributed by atoms with Gasteiger partial charge in [0.2, 0.25) is 0 Å². The number of aryl methyl sites for hydroxylation is 1. The quantitative estimate of drug-likeness (QED) is 0.317. The first kappa shape index (κ1) is 23.1. The zero-order valence-electron chi connectivity index (χ0n) is 18.2. The lowest BCUT2D eigenvalue weighted by Gasteiger charge is -2.09. The van der Waals surface area contributed by atoms with E-state index in [1.54, 1.807) is 25.1 Å². The van der Waals surface area contributed by atoms with Gasteiger partial charge < -0.3 is 14.4 Å². The highest BCUT2D eigenvalue weighted by atomic mass is 35.5. The highest BCUT2D eigenvalue weighted by Gasteiger charge is 2.19. The van der Waals surface area contributed by atoms with E-state index in [1.807, 2.05) is 48.5 Å². The number of anilines is 1. The third kappa shape index (κ3) is 5.27. The standard InChI is InChI=1S/C26H21ClN2O5/c1-16-23(28-26(32)33-13-12-17-6-2-3-11-22(17)27)24(34-29-16)20-9-4-7-18(14-20)19-8-5-10-21(15-19)25(30)31/h2-11,14-15H,12-13H2,1H3,(H,28,32)(H,30,31). The van der Waals surface area contributed by atoms with Gasteiger partial charge in [-0.2, -0.15) is 0 Å². The summed E-state index contributed by atoms with van der Waals surface area (Å²) in [6.07, 6.45) is -0.148. The lowest BCUT2D eigenvalue weighted by Crippen LogP contribution is -2.16. The summed E-state index contributed by atoms with van der Waals surface area (Å²) in [6, 6.07) is 21.4. The number of hydrogen-bond donors (Lipinski definition) is 2. The van der Waals surface area contributed by atoms with Gasteiger partial charge in [0, 0.05) is 17.0 Å². The Balaban J connectivity index is 1.50. The molecule has 4 rings (SSSR count). The maximum Gasteiger partial charge on any atom is 0.411 e. The molecule has 2 N–H and O–H groups in total. The number of halogens is 1. The van der Waals surface area contributed by atoms with E-state index < -0.39 is 12.1 Å². The first-order chi connectivity index (χ1) is 16.4. The Morgan fingerprint density at radius 1 is 1.00 bits per heavy atom. The molecule has 8 heteroatoms. The predicted molar refractivity (Wildman–Crippen MR) is 129 cm³/mol. The van der Waals surface area contributed by atoms with E-state index in [1.165, 1.54) is 6.07 Å². The van der Waals surface area contributed by atoms with Gasteiger partial charge in [-0.25, -0.2) is 9.59 Å². The van der Waals surface area contributed by atoms with Gasteiger partial charge in [0.15, 0.2) is 5.76 Å². The van der Waals surface area contributed by atoms with Crippen LogP contribution >= 0.6 is 11.6 Å². The normalized spacial score (nSPS) is 10.6. The topological polar surface area (TPSA) is 102 Å². The summed E-state index contributed by atoms with van der Waals surface area (Å²) in [5, 5.41) is 16.6. The highest BCUT2D eigenvalue weighted by molar-refractivity contribution is 6.31. The second-order valence-corrected chi connectivity index (χ2v) is 7.95. The number of carboxylic acid groups (broad SMARTS) is 1. The van der Waals surface area contributed by atoms with Gasteiger partial charge >= 0.3 is 12.1 Å². The Labute approximate surface area is 200 Å². The Morgan fingerprint density at radius 2 is 1.71 bits per heavy atom. The van der Waals surface area contributed by atoms with Gasteiger partial charge in [0.1, 0.15) is 11.4 Å². The summed E-state index contributed by atoms with van der Waals surface area (Å²) in [6.45, 7) is 1.87. The van der Waals surface area contributed by atoms with E-state index in [2.05, 4.69) is 10.5 Å². The number of carbonyl (C=O) groups is 2. The Bertz CT molecular complexity index is 1350. The molecule has 1 aromatic heterocycles. The van der Waals surface area contributed by atoms with Crippen molar-refractivity contribution in [2.75, 3.05) is 11.9 Å². The predicted octanol–water partition coefficient (Wildman–Crippen LogP) is 6.46. The van der Waals surface area contributed by atoms with E-state index in [0.717, 1.165) is 16.7 Å². The van der Waals surface area contributed by atoms with Crippen LogP contribution in [0.25, 0.3) is 22.5 Å². The second-order valence-electron chi connectivity index (χ2n) is 7.54. The number of nitrogens with one attached hydrogen (secondary N) is 1. The number of nitrogens with zero attached hydrogens (tertiary/aromatic N) is 1. The Kier molecular flexibility index (Phi) is 6.94. The van der Waals surface area contributed by atoms with Crippen molar-refractivity contribution in [2.24, 2.45) is 0 Å². The smallest absolute Gasteiger partial charge is 0.411 e. The van der Waals surface area contributed by atoms with E-state index >= 15 is 0 Å². The summed E-state index contributed by atoms with van der Waals surface area (Å²) in [5.41, 5.74) is 4.19. The van der Waals surface area contributed by atoms with Crippen LogP contribution in [0.4, 0.5) is 10.5 Å². The molecule has 0 unspecified atom stereocenters. The number of benzene rings is 3. The van der Waals surface area contributed by atoms with E-state index in [0.29, 0.717) is 34.1 Å². The number of aromatic carboxylic acids is 1. The molecule has 172 valence electrons. The molecule has 1 heterocycles. The number of aromatic nitrogens is 1. The van der Waals surface area contributed by atoms with Gasteiger partial charge in [-0.15, -0.1) is 0 Å². The van der Waals surface area contributed by atoms with Crippen LogP contribution in [-0.2, 0) is 11.2 Å². The lowest BCUT2D eigenvalue weighted by molar-refractivity contribution is 0.0697. The Morgan fingerprint density at radius 3 is 2.47 bits per heavy atom. The Hall–Kier alpha value is -4.10. The molecule has 0 saturated carbocycles. The fourth-order valence-corrected chi connectivity index (χ4v) is 3.71. The van der Waals surface area contributed by atoms with E-state index in [-0.39, 0.29) is 12.2 Å². The SMILES string of the molecule is Cc1noc(-c2cccc(-c3cccc(C(=O)O)c3)c2)c1NC(=O)OCCc1ccccc1Cl. The molecule has 7 nitrogen and oxygen atoms in total. The first-order valence-corrected chi connectivity index (χ1v) is 10.9. The second kappa shape index (κ2) is 10.2. The van der Waals surface area contributed by atoms with Crippen LogP contribution in [0.5, 0.6) is 0 Å². The average Bonchev–Trinajstić information content (AvgIpc) is 3.20. The maximum absolute atomic E-state index is 12.4. The number of rotatable bonds is 7. The van der Waals surface area contributed by atoms with Crippen molar-refractivity contribution >= 4 is 29.4 Å². The van der Waals surface area contributed by atoms with Gasteiger partial charge in [0.25, 0.3) is 0 Å². The zero-order valence-corrected chi connectivity index (χ0v) is 19.0. The first-order valence-electron chi connectivity index (χ1n) is 10.5. The molecule has 0 aliphatic carbocycles. The number of amides is 1. The number of carbonyl (C=O) groups excluding carboxylic acids is 1. The van der Waals surface area contributed by atoms with Crippen molar-refractivity contribution in [2.45, 2.75) is 13.3 Å². The molecular formula is C26H21ClN2O5. The van der Waals surface area contributed by atoms with Crippen LogP contribution in [0.15, 0.2) is 77.3 Å². The molecular weight excluding hydrogens is 456 g/mol. The molecule has 0 atom stereocenters. The monoisotopic (exact) mass is 476 g/mol. The molecule has 0 aliphatic rings. The van der Waals surface area contributed by atoms with Crippen molar-refractivity contribution in [3.63, 3.8) is 0 Å². The molecule has 0 spiro atoms. The van der Waals surface area contributed by atoms with Crippen molar-refractivity contribution in [3.05, 3.63) is 94.6 Å². The molecule has 0 radical (unpaired) electrons. The lowest BCUT2D eigenvalue weighted by atomic mass is 10.00. The fraction of sp³-hybridized carbons (Fsp3) is 0.115. The van der Waals surface area contributed by atoms with Crippen LogP contribution in [0.3, 0.4) is 0 Å². The molecule has 0 bridgehead atoms. The summed E-state index contributed by atoms with van der Waals surface area (Å²) in [7, 11) is 0. The van der Waals surface area contributed by atoms with Crippen LogP contribution < -0.4 is 5.32 Å². The zero-order chi connectivity index (χ0) is 24.1. The van der Waals surface area contributed by atoms with Gasteiger partial charge in [0.05, 0.1) is 12.2 Å². The van der Waals surface area contributed by atoms with Crippen molar-refractivity contribution in [3.8, 4) is 22.5 Å². The van der Waals surface area contributed by atoms with Crippen LogP contribution in [0.1, 0.15) is 21.6 Å². The van der Waals surface area contributed by atoms with Crippen molar-refractivity contribution in [1.82, 2.24) is 5.16 Å². The van der Waals surface area contributed by atoms with Gasteiger partial charge in [-0.05, 0) is 47.9 Å². The number of hydrogen-bond acceptors (Lipinski definition) is 5. The number of carboxylic acids is 1. The third-order valence-electron chi connectivity index (χ3n) is 5.22. The molecule has 0 fully saturated rings. The molecule has 3 aromatic carbocycles. The minimum Gasteiger partial charge on any atom is -0.478 e. The molecule has 1 amide bonds. The summed E-state index contributed by atoms with van der Waals surface area (Å²) in [4.78, 5) is 23.7.